The van der Waals surface area contributed by atoms with Crippen LogP contribution in [0.1, 0.15) is 43.7 Å². The van der Waals surface area contributed by atoms with E-state index in [1.165, 1.54) is 21.7 Å². The Morgan fingerprint density at radius 3 is 2.76 bits per heavy atom. The van der Waals surface area contributed by atoms with Crippen LogP contribution in [0.3, 0.4) is 0 Å². The van der Waals surface area contributed by atoms with Gasteiger partial charge in [-0.1, -0.05) is 11.6 Å². The Morgan fingerprint density at radius 1 is 1.32 bits per heavy atom. The van der Waals surface area contributed by atoms with E-state index in [-0.39, 0.29) is 22.8 Å². The van der Waals surface area contributed by atoms with E-state index in [2.05, 4.69) is 32.4 Å². The van der Waals surface area contributed by atoms with Gasteiger partial charge in [0.15, 0.2) is 16.5 Å². The molecule has 0 spiro atoms. The minimum Gasteiger partial charge on any atom is -0.443 e. The monoisotopic (exact) mass is 561 g/mol. The number of nitrogens with zero attached hydrogens (tertiary/aromatic N) is 5. The average Bonchev–Trinajstić information content (AvgIpc) is 3.41. The minimum absolute atomic E-state index is 0.100. The van der Waals surface area contributed by atoms with Gasteiger partial charge in [-0.2, -0.15) is 16.9 Å². The lowest BCUT2D eigenvalue weighted by molar-refractivity contribution is 0.0589. The number of benzene rings is 1. The number of halogens is 1. The predicted octanol–water partition coefficient (Wildman–Crippen LogP) is 3.67. The maximum Gasteiger partial charge on any atom is 0.414 e. The van der Waals surface area contributed by atoms with Crippen LogP contribution >= 0.6 is 23.4 Å². The number of rotatable bonds is 7. The lowest BCUT2D eigenvalue weighted by Gasteiger charge is -2.24. The van der Waals surface area contributed by atoms with Crippen molar-refractivity contribution in [1.82, 2.24) is 25.4 Å². The van der Waals surface area contributed by atoms with Crippen molar-refractivity contribution in [3.8, 4) is 0 Å². The number of nitrogens with two attached hydrogens (primary N) is 1. The summed E-state index contributed by atoms with van der Waals surface area (Å²) in [6.45, 7) is 7.26. The summed E-state index contributed by atoms with van der Waals surface area (Å²) < 4.78 is 6.77. The standard InChI is InChI=1S/C24H32ClN9O3S/c1-13(11-38-12-14-7-15(26)20-16(8-14)33(6)31-29-20)28-22(35)18-10-27-21-17(9-19(25)30-34(18)21)32(5)23(36)37-24(2,3)4/h7-10,13,29,31H,11-12,26H2,1-6H3,(H,28,35)/t13-/m1/s1. The molecule has 0 fully saturated rings. The van der Waals surface area contributed by atoms with Gasteiger partial charge in [0.05, 0.1) is 28.9 Å². The summed E-state index contributed by atoms with van der Waals surface area (Å²) >= 11 is 7.92. The van der Waals surface area contributed by atoms with Crippen molar-refractivity contribution in [2.75, 3.05) is 40.9 Å². The van der Waals surface area contributed by atoms with Crippen molar-refractivity contribution in [3.05, 3.63) is 40.8 Å². The number of hydrogen-bond donors (Lipinski definition) is 4. The number of hydrogen-bond acceptors (Lipinski definition) is 10. The third-order valence-corrected chi connectivity index (χ3v) is 7.07. The molecule has 1 aromatic carbocycles. The number of carbonyl (C=O) groups is 2. The molecule has 3 heterocycles. The first-order valence-corrected chi connectivity index (χ1v) is 13.4. The zero-order chi connectivity index (χ0) is 27.8. The van der Waals surface area contributed by atoms with Crippen molar-refractivity contribution < 1.29 is 14.3 Å². The van der Waals surface area contributed by atoms with Crippen molar-refractivity contribution in [2.45, 2.75) is 45.1 Å². The Balaban J connectivity index is 1.41. The largest absolute Gasteiger partial charge is 0.443 e. The molecule has 3 aromatic rings. The van der Waals surface area contributed by atoms with Gasteiger partial charge in [0, 0.05) is 37.7 Å². The van der Waals surface area contributed by atoms with E-state index in [1.54, 1.807) is 39.6 Å². The smallest absolute Gasteiger partial charge is 0.414 e. The predicted molar refractivity (Wildman–Crippen MR) is 152 cm³/mol. The molecule has 1 aliphatic rings. The summed E-state index contributed by atoms with van der Waals surface area (Å²) in [6.07, 6.45) is 0.831. The lowest BCUT2D eigenvalue weighted by atomic mass is 10.1. The fourth-order valence-corrected chi connectivity index (χ4v) is 4.98. The molecule has 14 heteroatoms. The summed E-state index contributed by atoms with van der Waals surface area (Å²) in [6, 6.07) is 5.39. The van der Waals surface area contributed by atoms with Crippen LogP contribution < -0.4 is 31.9 Å². The fourth-order valence-electron chi connectivity index (χ4n) is 3.84. The van der Waals surface area contributed by atoms with E-state index in [9.17, 15) is 9.59 Å². The SMILES string of the molecule is C[C@H](CSCc1cc(N)c2c(c1)N(C)NN2)NC(=O)c1cnc2c(N(C)C(=O)OC(C)(C)C)cc(Cl)nn12. The maximum absolute atomic E-state index is 13.1. The second-order valence-electron chi connectivity index (χ2n) is 10.0. The van der Waals surface area contributed by atoms with Crippen LogP contribution in [0.4, 0.5) is 27.5 Å². The molecular formula is C24H32ClN9O3S. The van der Waals surface area contributed by atoms with Crippen molar-refractivity contribution in [2.24, 2.45) is 0 Å². The van der Waals surface area contributed by atoms with Crippen LogP contribution in [0.25, 0.3) is 5.65 Å². The highest BCUT2D eigenvalue weighted by Crippen LogP contribution is 2.36. The van der Waals surface area contributed by atoms with Gasteiger partial charge in [0.25, 0.3) is 5.91 Å². The summed E-state index contributed by atoms with van der Waals surface area (Å²) in [5.74, 6) is 1.05. The molecule has 2 amide bonds. The lowest BCUT2D eigenvalue weighted by Crippen LogP contribution is -2.35. The van der Waals surface area contributed by atoms with Gasteiger partial charge in [-0.15, -0.1) is 5.53 Å². The van der Waals surface area contributed by atoms with Crippen LogP contribution in [0.5, 0.6) is 0 Å². The average molecular weight is 562 g/mol. The molecule has 204 valence electrons. The first-order chi connectivity index (χ1) is 17.8. The Morgan fingerprint density at radius 2 is 2.05 bits per heavy atom. The molecule has 4 rings (SSSR count). The number of nitrogens with one attached hydrogen (secondary N) is 3. The van der Waals surface area contributed by atoms with E-state index in [4.69, 9.17) is 22.1 Å². The van der Waals surface area contributed by atoms with E-state index >= 15 is 0 Å². The highest BCUT2D eigenvalue weighted by molar-refractivity contribution is 7.98. The van der Waals surface area contributed by atoms with Crippen LogP contribution in [0.15, 0.2) is 24.4 Å². The van der Waals surface area contributed by atoms with Crippen LogP contribution in [0.2, 0.25) is 5.15 Å². The van der Waals surface area contributed by atoms with E-state index in [0.717, 1.165) is 22.7 Å². The van der Waals surface area contributed by atoms with Crippen molar-refractivity contribution >= 4 is 63.8 Å². The van der Waals surface area contributed by atoms with Crippen LogP contribution in [-0.4, -0.2) is 58.1 Å². The van der Waals surface area contributed by atoms with Gasteiger partial charge in [0.2, 0.25) is 0 Å². The highest BCUT2D eigenvalue weighted by atomic mass is 35.5. The molecule has 0 aliphatic carbocycles. The molecule has 0 unspecified atom stereocenters. The summed E-state index contributed by atoms with van der Waals surface area (Å²) in [5.41, 5.74) is 16.0. The number of hydrazine groups is 2. The molecule has 1 atom stereocenters. The zero-order valence-corrected chi connectivity index (χ0v) is 23.7. The Hall–Kier alpha value is -3.42. The molecule has 5 N–H and O–H groups in total. The third-order valence-electron chi connectivity index (χ3n) is 5.61. The van der Waals surface area contributed by atoms with Gasteiger partial charge in [0.1, 0.15) is 5.60 Å². The number of nitrogen functional groups attached to an aromatic ring is 1. The second kappa shape index (κ2) is 10.8. The molecule has 1 aliphatic heterocycles. The molecule has 0 bridgehead atoms. The summed E-state index contributed by atoms with van der Waals surface area (Å²) in [4.78, 5) is 31.3. The second-order valence-corrected chi connectivity index (χ2v) is 11.5. The Bertz CT molecular complexity index is 1370. The molecule has 38 heavy (non-hydrogen) atoms. The number of imidazole rings is 1. The van der Waals surface area contributed by atoms with Gasteiger partial charge < -0.3 is 15.8 Å². The van der Waals surface area contributed by atoms with E-state index in [0.29, 0.717) is 22.8 Å². The van der Waals surface area contributed by atoms with Gasteiger partial charge in [-0.3, -0.25) is 20.1 Å². The Labute approximate surface area is 230 Å². The van der Waals surface area contributed by atoms with Crippen LogP contribution in [-0.2, 0) is 10.5 Å². The quantitative estimate of drug-likeness (QED) is 0.315. The number of amides is 2. The van der Waals surface area contributed by atoms with Crippen molar-refractivity contribution in [1.29, 1.82) is 0 Å². The molecule has 0 saturated carbocycles. The number of carbonyl (C=O) groups excluding carboxylic acids is 2. The molecule has 2 aromatic heterocycles. The summed E-state index contributed by atoms with van der Waals surface area (Å²) in [7, 11) is 3.46. The molecule has 12 nitrogen and oxygen atoms in total. The first-order valence-electron chi connectivity index (χ1n) is 11.9. The fraction of sp³-hybridized carbons (Fsp3) is 0.417. The number of aromatic nitrogens is 3. The van der Waals surface area contributed by atoms with Gasteiger partial charge >= 0.3 is 6.09 Å². The van der Waals surface area contributed by atoms with Gasteiger partial charge in [-0.25, -0.2) is 14.3 Å². The first kappa shape index (κ1) is 27.6. The number of ether oxygens (including phenoxy) is 1. The topological polar surface area (TPSA) is 142 Å². The molecule has 0 saturated heterocycles. The third kappa shape index (κ3) is 6.00. The molecule has 0 radical (unpaired) electrons. The van der Waals surface area contributed by atoms with E-state index < -0.39 is 11.7 Å². The molecular weight excluding hydrogens is 530 g/mol. The van der Waals surface area contributed by atoms with Crippen molar-refractivity contribution in [3.63, 3.8) is 0 Å². The normalized spacial score (nSPS) is 13.7. The van der Waals surface area contributed by atoms with E-state index in [1.807, 2.05) is 25.0 Å². The van der Waals surface area contributed by atoms with Crippen LogP contribution in [0, 0.1) is 0 Å². The number of anilines is 4. The Kier molecular flexibility index (Phi) is 7.81. The number of fused-ring (bicyclic) bond motifs is 2. The highest BCUT2D eigenvalue weighted by Gasteiger charge is 2.25. The maximum atomic E-state index is 13.1. The zero-order valence-electron chi connectivity index (χ0n) is 22.1. The van der Waals surface area contributed by atoms with Gasteiger partial charge in [-0.05, 0) is 45.4 Å². The number of thioether (sulfide) groups is 1. The minimum atomic E-state index is -0.676. The summed E-state index contributed by atoms with van der Waals surface area (Å²) in [5, 5.41) is 9.19.